The van der Waals surface area contributed by atoms with E-state index in [2.05, 4.69) is 15.9 Å². The van der Waals surface area contributed by atoms with E-state index in [0.29, 0.717) is 25.4 Å². The van der Waals surface area contributed by atoms with Gasteiger partial charge in [0.15, 0.2) is 0 Å². The number of hydrogen-bond acceptors (Lipinski definition) is 4. The van der Waals surface area contributed by atoms with E-state index >= 15 is 0 Å². The van der Waals surface area contributed by atoms with Crippen LogP contribution in [0.4, 0.5) is 5.69 Å². The third-order valence-electron chi connectivity index (χ3n) is 6.52. The zero-order chi connectivity index (χ0) is 20.2. The third kappa shape index (κ3) is 5.04. The molecule has 1 unspecified atom stereocenters. The second kappa shape index (κ2) is 9.35. The van der Waals surface area contributed by atoms with Crippen molar-refractivity contribution in [2.45, 2.75) is 38.1 Å². The summed E-state index contributed by atoms with van der Waals surface area (Å²) in [6.45, 7) is 7.07. The molecule has 7 heteroatoms. The van der Waals surface area contributed by atoms with Crippen LogP contribution in [0.5, 0.6) is 0 Å². The lowest BCUT2D eigenvalue weighted by Crippen LogP contribution is -2.56. The molecule has 29 heavy (non-hydrogen) atoms. The number of carbonyl (C=O) groups is 2. The Morgan fingerprint density at radius 1 is 1.07 bits per heavy atom. The van der Waals surface area contributed by atoms with Crippen molar-refractivity contribution in [2.24, 2.45) is 0 Å². The Bertz CT molecular complexity index is 735. The molecular formula is C22H31ClN4O2. The lowest BCUT2D eigenvalue weighted by atomic mass is 10.0. The first-order valence-corrected chi connectivity index (χ1v) is 11.3. The summed E-state index contributed by atoms with van der Waals surface area (Å²) in [5.41, 5.74) is 1.19. The van der Waals surface area contributed by atoms with Crippen LogP contribution in [0, 0.1) is 0 Å². The van der Waals surface area contributed by atoms with Gasteiger partial charge in [-0.1, -0.05) is 17.7 Å². The minimum Gasteiger partial charge on any atom is -0.369 e. The lowest BCUT2D eigenvalue weighted by molar-refractivity contribution is -0.134. The maximum atomic E-state index is 12.7. The summed E-state index contributed by atoms with van der Waals surface area (Å²) < 4.78 is 0. The van der Waals surface area contributed by atoms with Crippen LogP contribution in [0.15, 0.2) is 24.3 Å². The quantitative estimate of drug-likeness (QED) is 0.737. The number of anilines is 1. The molecular weight excluding hydrogens is 388 g/mol. The molecule has 0 aromatic heterocycles. The van der Waals surface area contributed by atoms with Crippen molar-refractivity contribution in [3.8, 4) is 0 Å². The molecule has 0 saturated carbocycles. The maximum absolute atomic E-state index is 12.7. The second-order valence-electron chi connectivity index (χ2n) is 8.37. The van der Waals surface area contributed by atoms with Gasteiger partial charge in [-0.2, -0.15) is 0 Å². The van der Waals surface area contributed by atoms with E-state index in [1.165, 1.54) is 5.69 Å². The van der Waals surface area contributed by atoms with Gasteiger partial charge in [0.2, 0.25) is 11.8 Å². The number of carbonyl (C=O) groups excluding carboxylic acids is 2. The molecule has 3 saturated heterocycles. The summed E-state index contributed by atoms with van der Waals surface area (Å²) in [4.78, 5) is 33.3. The SMILES string of the molecule is O=C1CCCN1CCC(=O)N1CCCC(N2CCN(c3cccc(Cl)c3)CC2)C1. The Morgan fingerprint density at radius 2 is 1.90 bits per heavy atom. The molecule has 3 aliphatic heterocycles. The fourth-order valence-corrected chi connectivity index (χ4v) is 5.01. The summed E-state index contributed by atoms with van der Waals surface area (Å²) in [6, 6.07) is 8.51. The third-order valence-corrected chi connectivity index (χ3v) is 6.76. The van der Waals surface area contributed by atoms with E-state index in [1.807, 2.05) is 28.0 Å². The van der Waals surface area contributed by atoms with Crippen molar-refractivity contribution >= 4 is 29.1 Å². The fraction of sp³-hybridized carbons (Fsp3) is 0.636. The van der Waals surface area contributed by atoms with Gasteiger partial charge in [0.05, 0.1) is 0 Å². The van der Waals surface area contributed by atoms with E-state index in [4.69, 9.17) is 11.6 Å². The maximum Gasteiger partial charge on any atom is 0.224 e. The molecule has 0 N–H and O–H groups in total. The Morgan fingerprint density at radius 3 is 2.62 bits per heavy atom. The van der Waals surface area contributed by atoms with Crippen molar-refractivity contribution in [2.75, 3.05) is 57.3 Å². The van der Waals surface area contributed by atoms with Gasteiger partial charge in [0.25, 0.3) is 0 Å². The molecule has 1 aromatic carbocycles. The monoisotopic (exact) mass is 418 g/mol. The van der Waals surface area contributed by atoms with Crippen molar-refractivity contribution in [3.63, 3.8) is 0 Å². The highest BCUT2D eigenvalue weighted by Gasteiger charge is 2.30. The molecule has 3 heterocycles. The number of benzene rings is 1. The molecule has 3 aliphatic rings. The van der Waals surface area contributed by atoms with Crippen LogP contribution in [0.1, 0.15) is 32.1 Å². The number of likely N-dealkylation sites (tertiary alicyclic amines) is 2. The van der Waals surface area contributed by atoms with Crippen LogP contribution >= 0.6 is 11.6 Å². The van der Waals surface area contributed by atoms with Crippen molar-refractivity contribution in [3.05, 3.63) is 29.3 Å². The van der Waals surface area contributed by atoms with Gasteiger partial charge < -0.3 is 14.7 Å². The van der Waals surface area contributed by atoms with Crippen molar-refractivity contribution in [1.29, 1.82) is 0 Å². The predicted octanol–water partition coefficient (Wildman–Crippen LogP) is 2.47. The van der Waals surface area contributed by atoms with Crippen LogP contribution in [-0.2, 0) is 9.59 Å². The highest BCUT2D eigenvalue weighted by Crippen LogP contribution is 2.23. The van der Waals surface area contributed by atoms with Crippen molar-refractivity contribution < 1.29 is 9.59 Å². The molecule has 0 bridgehead atoms. The normalized spacial score (nSPS) is 23.7. The average Bonchev–Trinajstić information content (AvgIpc) is 3.17. The van der Waals surface area contributed by atoms with Crippen LogP contribution in [0.2, 0.25) is 5.02 Å². The molecule has 6 nitrogen and oxygen atoms in total. The van der Waals surface area contributed by atoms with E-state index in [9.17, 15) is 9.59 Å². The van der Waals surface area contributed by atoms with E-state index in [0.717, 1.165) is 70.1 Å². The Balaban J connectivity index is 1.25. The van der Waals surface area contributed by atoms with Crippen LogP contribution < -0.4 is 4.90 Å². The zero-order valence-electron chi connectivity index (χ0n) is 17.1. The summed E-state index contributed by atoms with van der Waals surface area (Å²) in [6.07, 6.45) is 4.25. The Hall–Kier alpha value is -1.79. The number of piperidine rings is 1. The summed E-state index contributed by atoms with van der Waals surface area (Å²) >= 11 is 6.14. The Kier molecular flexibility index (Phi) is 6.60. The zero-order valence-corrected chi connectivity index (χ0v) is 17.8. The first kappa shape index (κ1) is 20.5. The summed E-state index contributed by atoms with van der Waals surface area (Å²) in [7, 11) is 0. The van der Waals surface area contributed by atoms with E-state index < -0.39 is 0 Å². The van der Waals surface area contributed by atoms with Gasteiger partial charge in [-0.15, -0.1) is 0 Å². The average molecular weight is 419 g/mol. The lowest BCUT2D eigenvalue weighted by Gasteiger charge is -2.44. The highest BCUT2D eigenvalue weighted by atomic mass is 35.5. The molecule has 4 rings (SSSR count). The summed E-state index contributed by atoms with van der Waals surface area (Å²) in [5.74, 6) is 0.402. The van der Waals surface area contributed by atoms with Gasteiger partial charge in [-0.3, -0.25) is 14.5 Å². The topological polar surface area (TPSA) is 47.1 Å². The number of nitrogens with zero attached hydrogens (tertiary/aromatic N) is 4. The molecule has 0 radical (unpaired) electrons. The number of halogens is 1. The molecule has 2 amide bonds. The largest absolute Gasteiger partial charge is 0.369 e. The van der Waals surface area contributed by atoms with Gasteiger partial charge in [-0.05, 0) is 37.5 Å². The van der Waals surface area contributed by atoms with Crippen LogP contribution in [0.3, 0.4) is 0 Å². The molecule has 0 spiro atoms. The molecule has 3 fully saturated rings. The molecule has 1 aromatic rings. The smallest absolute Gasteiger partial charge is 0.224 e. The molecule has 158 valence electrons. The fourth-order valence-electron chi connectivity index (χ4n) is 4.83. The minimum atomic E-state index is 0.201. The highest BCUT2D eigenvalue weighted by molar-refractivity contribution is 6.30. The van der Waals surface area contributed by atoms with E-state index in [1.54, 1.807) is 0 Å². The number of hydrogen-bond donors (Lipinski definition) is 0. The van der Waals surface area contributed by atoms with Crippen LogP contribution in [-0.4, -0.2) is 84.9 Å². The predicted molar refractivity (Wildman–Crippen MR) is 115 cm³/mol. The van der Waals surface area contributed by atoms with Crippen molar-refractivity contribution in [1.82, 2.24) is 14.7 Å². The van der Waals surface area contributed by atoms with Gasteiger partial charge >= 0.3 is 0 Å². The number of rotatable bonds is 5. The van der Waals surface area contributed by atoms with Crippen LogP contribution in [0.25, 0.3) is 0 Å². The molecule has 0 aliphatic carbocycles. The molecule has 1 atom stereocenters. The van der Waals surface area contributed by atoms with Gasteiger partial charge in [0, 0.05) is 82.0 Å². The number of piperazine rings is 1. The van der Waals surface area contributed by atoms with E-state index in [-0.39, 0.29) is 11.8 Å². The first-order chi connectivity index (χ1) is 14.1. The standard InChI is InChI=1S/C22H31ClN4O2/c23-18-4-1-5-19(16-18)24-12-14-25(15-13-24)20-6-2-10-27(17-20)22(29)8-11-26-9-3-7-21(26)28/h1,4-5,16,20H,2-3,6-15,17H2. The van der Waals surface area contributed by atoms with Gasteiger partial charge in [0.1, 0.15) is 0 Å². The number of amides is 2. The Labute approximate surface area is 178 Å². The summed E-state index contributed by atoms with van der Waals surface area (Å²) in [5, 5.41) is 0.780. The second-order valence-corrected chi connectivity index (χ2v) is 8.81. The minimum absolute atomic E-state index is 0.201. The first-order valence-electron chi connectivity index (χ1n) is 10.9. The van der Waals surface area contributed by atoms with Gasteiger partial charge in [-0.25, -0.2) is 0 Å².